The van der Waals surface area contributed by atoms with Crippen LogP contribution in [0.15, 0.2) is 12.1 Å². The van der Waals surface area contributed by atoms with Gasteiger partial charge in [-0.2, -0.15) is 0 Å². The second-order valence-electron chi connectivity index (χ2n) is 6.62. The van der Waals surface area contributed by atoms with Crippen LogP contribution >= 0.6 is 11.3 Å². The van der Waals surface area contributed by atoms with E-state index in [-0.39, 0.29) is 0 Å². The minimum absolute atomic E-state index is 0.410. The van der Waals surface area contributed by atoms with E-state index in [1.807, 2.05) is 4.68 Å². The maximum absolute atomic E-state index is 5.83. The predicted octanol–water partition coefficient (Wildman–Crippen LogP) is 2.07. The zero-order chi connectivity index (χ0) is 16.6. The van der Waals surface area contributed by atoms with Crippen LogP contribution in [-0.2, 0) is 16.0 Å². The number of rotatable bonds is 4. The van der Waals surface area contributed by atoms with E-state index in [4.69, 9.17) is 9.47 Å². The average Bonchev–Trinajstić information content (AvgIpc) is 3.31. The third-order valence-corrected chi connectivity index (χ3v) is 5.98. The van der Waals surface area contributed by atoms with Gasteiger partial charge in [0.1, 0.15) is 0 Å². The van der Waals surface area contributed by atoms with Crippen molar-refractivity contribution in [3.8, 4) is 0 Å². The Kier molecular flexibility index (Phi) is 4.28. The predicted molar refractivity (Wildman–Crippen MR) is 91.2 cm³/mol. The maximum Gasteiger partial charge on any atom is 0.245 e. The average molecular weight is 349 g/mol. The second-order valence-corrected chi connectivity index (χ2v) is 8.00. The Balaban J connectivity index is 1.42. The number of hydrogen-bond donors (Lipinski definition) is 0. The third-order valence-electron chi connectivity index (χ3n) is 4.99. The first-order valence-corrected chi connectivity index (χ1v) is 9.30. The lowest BCUT2D eigenvalue weighted by atomic mass is 9.89. The maximum atomic E-state index is 5.83. The molecule has 2 saturated heterocycles. The summed E-state index contributed by atoms with van der Waals surface area (Å²) in [5.41, 5.74) is 0. The van der Waals surface area contributed by atoms with Crippen LogP contribution in [0.4, 0.5) is 5.95 Å². The Morgan fingerprint density at radius 3 is 2.67 bits per heavy atom. The molecule has 0 saturated carbocycles. The topological polar surface area (TPSA) is 65.3 Å². The van der Waals surface area contributed by atoms with E-state index in [0.29, 0.717) is 19.1 Å². The molecular weight excluding hydrogens is 326 g/mol. The minimum Gasteiger partial charge on any atom is -0.348 e. The zero-order valence-corrected chi connectivity index (χ0v) is 15.0. The molecule has 0 spiro atoms. The number of nitrogens with zero attached hydrogens (tertiary/aromatic N) is 5. The first-order valence-electron chi connectivity index (χ1n) is 8.48. The highest BCUT2D eigenvalue weighted by Gasteiger charge is 2.41. The molecule has 4 rings (SSSR count). The number of aromatic nitrogens is 4. The fraction of sp³-hybridized carbons (Fsp3) is 0.688. The van der Waals surface area contributed by atoms with Gasteiger partial charge in [0.15, 0.2) is 5.79 Å². The van der Waals surface area contributed by atoms with Gasteiger partial charge in [0.2, 0.25) is 5.95 Å². The number of piperidine rings is 1. The smallest absolute Gasteiger partial charge is 0.245 e. The van der Waals surface area contributed by atoms with Gasteiger partial charge in [-0.3, -0.25) is 0 Å². The Morgan fingerprint density at radius 1 is 1.25 bits per heavy atom. The van der Waals surface area contributed by atoms with Crippen molar-refractivity contribution in [3.05, 3.63) is 21.9 Å². The Bertz CT molecular complexity index is 686. The first kappa shape index (κ1) is 16.0. The number of ether oxygens (including phenoxy) is 2. The summed E-state index contributed by atoms with van der Waals surface area (Å²) in [4.78, 5) is 4.86. The van der Waals surface area contributed by atoms with E-state index in [1.54, 1.807) is 11.3 Å². The molecule has 0 aliphatic carbocycles. The van der Waals surface area contributed by atoms with Gasteiger partial charge in [0, 0.05) is 28.8 Å². The van der Waals surface area contributed by atoms with Crippen molar-refractivity contribution >= 4 is 17.3 Å². The standard InChI is InChI=1S/C16H23N5O2S/c1-12-3-4-14(24-12)11-21-15(17-18-19-21)20-7-5-13(6-8-20)16(2)22-9-10-23-16/h3-4,13H,5-11H2,1-2H3. The molecule has 24 heavy (non-hydrogen) atoms. The van der Waals surface area contributed by atoms with Crippen molar-refractivity contribution in [2.75, 3.05) is 31.2 Å². The van der Waals surface area contributed by atoms with E-state index in [2.05, 4.69) is 46.4 Å². The summed E-state index contributed by atoms with van der Waals surface area (Å²) < 4.78 is 13.6. The van der Waals surface area contributed by atoms with Crippen molar-refractivity contribution in [3.63, 3.8) is 0 Å². The van der Waals surface area contributed by atoms with Gasteiger partial charge >= 0.3 is 0 Å². The number of hydrogen-bond acceptors (Lipinski definition) is 7. The van der Waals surface area contributed by atoms with Gasteiger partial charge < -0.3 is 14.4 Å². The summed E-state index contributed by atoms with van der Waals surface area (Å²) in [6, 6.07) is 4.28. The molecule has 0 bridgehead atoms. The molecule has 4 heterocycles. The molecule has 0 N–H and O–H groups in total. The molecule has 2 aliphatic heterocycles. The minimum atomic E-state index is -0.410. The van der Waals surface area contributed by atoms with Crippen LogP contribution in [-0.4, -0.2) is 52.3 Å². The van der Waals surface area contributed by atoms with Gasteiger partial charge in [-0.15, -0.1) is 11.3 Å². The summed E-state index contributed by atoms with van der Waals surface area (Å²) in [6.45, 7) is 8.18. The van der Waals surface area contributed by atoms with Crippen molar-refractivity contribution in [1.82, 2.24) is 20.2 Å². The molecule has 2 aromatic rings. The lowest BCUT2D eigenvalue weighted by Gasteiger charge is -2.39. The molecule has 0 unspecified atom stereocenters. The van der Waals surface area contributed by atoms with Crippen molar-refractivity contribution < 1.29 is 9.47 Å². The Labute approximate surface area is 145 Å². The molecule has 0 atom stereocenters. The van der Waals surface area contributed by atoms with Crippen molar-refractivity contribution in [1.29, 1.82) is 0 Å². The van der Waals surface area contributed by atoms with Crippen molar-refractivity contribution in [2.45, 2.75) is 39.0 Å². The van der Waals surface area contributed by atoms with E-state index in [9.17, 15) is 0 Å². The molecule has 0 amide bonds. The van der Waals surface area contributed by atoms with E-state index in [1.165, 1.54) is 9.75 Å². The summed E-state index contributed by atoms with van der Waals surface area (Å²) in [7, 11) is 0. The van der Waals surface area contributed by atoms with E-state index < -0.39 is 5.79 Å². The molecule has 8 heteroatoms. The molecule has 2 aromatic heterocycles. The van der Waals surface area contributed by atoms with E-state index >= 15 is 0 Å². The summed E-state index contributed by atoms with van der Waals surface area (Å²) >= 11 is 1.79. The largest absolute Gasteiger partial charge is 0.348 e. The molecule has 7 nitrogen and oxygen atoms in total. The molecular formula is C16H23N5O2S. The van der Waals surface area contributed by atoms with Gasteiger partial charge in [0.05, 0.1) is 19.8 Å². The molecule has 2 aliphatic rings. The third kappa shape index (κ3) is 3.05. The summed E-state index contributed by atoms with van der Waals surface area (Å²) in [5.74, 6) is 0.880. The van der Waals surface area contributed by atoms with E-state index in [0.717, 1.165) is 38.4 Å². The van der Waals surface area contributed by atoms with Crippen molar-refractivity contribution in [2.24, 2.45) is 5.92 Å². The fourth-order valence-corrected chi connectivity index (χ4v) is 4.49. The number of tetrazole rings is 1. The van der Waals surface area contributed by atoms with Crippen LogP contribution in [0.3, 0.4) is 0 Å². The summed E-state index contributed by atoms with van der Waals surface area (Å²) in [6.07, 6.45) is 2.06. The number of aryl methyl sites for hydroxylation is 1. The normalized spacial score (nSPS) is 21.5. The van der Waals surface area contributed by atoms with Crippen LogP contribution < -0.4 is 4.90 Å². The zero-order valence-electron chi connectivity index (χ0n) is 14.1. The second kappa shape index (κ2) is 6.42. The Morgan fingerprint density at radius 2 is 2.00 bits per heavy atom. The van der Waals surface area contributed by atoms with Crippen LogP contribution in [0.2, 0.25) is 0 Å². The SMILES string of the molecule is Cc1ccc(Cn2nnnc2N2CCC(C3(C)OCCO3)CC2)s1. The molecule has 2 fully saturated rings. The molecule has 0 aromatic carbocycles. The number of thiophene rings is 1. The fourth-order valence-electron chi connectivity index (χ4n) is 3.62. The van der Waals surface area contributed by atoms with Crippen LogP contribution in [0.5, 0.6) is 0 Å². The highest BCUT2D eigenvalue weighted by molar-refractivity contribution is 7.11. The molecule has 130 valence electrons. The number of anilines is 1. The van der Waals surface area contributed by atoms with Gasteiger partial charge in [-0.05, 0) is 49.2 Å². The lowest BCUT2D eigenvalue weighted by Crippen LogP contribution is -2.45. The highest BCUT2D eigenvalue weighted by atomic mass is 32.1. The molecule has 0 radical (unpaired) electrons. The first-order chi connectivity index (χ1) is 11.6. The highest BCUT2D eigenvalue weighted by Crippen LogP contribution is 2.35. The lowest BCUT2D eigenvalue weighted by molar-refractivity contribution is -0.185. The van der Waals surface area contributed by atoms with Gasteiger partial charge in [-0.1, -0.05) is 5.10 Å². The Hall–Kier alpha value is -1.51. The van der Waals surface area contributed by atoms with Crippen LogP contribution in [0.25, 0.3) is 0 Å². The van der Waals surface area contributed by atoms with Gasteiger partial charge in [-0.25, -0.2) is 4.68 Å². The quantitative estimate of drug-likeness (QED) is 0.842. The van der Waals surface area contributed by atoms with Crippen LogP contribution in [0.1, 0.15) is 29.5 Å². The van der Waals surface area contributed by atoms with Gasteiger partial charge in [0.25, 0.3) is 0 Å². The monoisotopic (exact) mass is 349 g/mol. The van der Waals surface area contributed by atoms with Crippen LogP contribution in [0, 0.1) is 12.8 Å². The summed E-state index contributed by atoms with van der Waals surface area (Å²) in [5, 5.41) is 12.3.